The van der Waals surface area contributed by atoms with Crippen molar-refractivity contribution < 1.29 is 9.90 Å². The van der Waals surface area contributed by atoms with E-state index in [1.165, 1.54) is 0 Å². The summed E-state index contributed by atoms with van der Waals surface area (Å²) in [5.74, 6) is -0.646. The Balaban J connectivity index is 1.52. The Kier molecular flexibility index (Phi) is 4.33. The van der Waals surface area contributed by atoms with Gasteiger partial charge >= 0.3 is 5.97 Å². The van der Waals surface area contributed by atoms with Crippen LogP contribution >= 0.6 is 11.3 Å². The van der Waals surface area contributed by atoms with Gasteiger partial charge in [-0.25, -0.2) is 4.98 Å². The van der Waals surface area contributed by atoms with Gasteiger partial charge in [0.25, 0.3) is 0 Å². The molecule has 0 amide bonds. The van der Waals surface area contributed by atoms with Crippen LogP contribution in [-0.4, -0.2) is 57.6 Å². The maximum absolute atomic E-state index is 11.3. The van der Waals surface area contributed by atoms with Gasteiger partial charge in [-0.15, -0.1) is 11.3 Å². The molecular weight excluding hydrogens is 274 g/mol. The highest BCUT2D eigenvalue weighted by molar-refractivity contribution is 7.07. The molecule has 20 heavy (non-hydrogen) atoms. The molecule has 2 saturated heterocycles. The summed E-state index contributed by atoms with van der Waals surface area (Å²) in [5, 5.41) is 11.4. The molecular formula is C14H21N3O2S. The first-order valence-electron chi connectivity index (χ1n) is 7.32. The molecule has 0 aliphatic carbocycles. The van der Waals surface area contributed by atoms with Crippen LogP contribution in [-0.2, 0) is 11.3 Å². The number of piperidine rings is 1. The normalized spacial score (nSPS) is 26.1. The predicted octanol–water partition coefficient (Wildman–Crippen LogP) is 1.66. The monoisotopic (exact) mass is 295 g/mol. The van der Waals surface area contributed by atoms with Gasteiger partial charge in [-0.1, -0.05) is 0 Å². The zero-order valence-corrected chi connectivity index (χ0v) is 12.4. The van der Waals surface area contributed by atoms with Crippen molar-refractivity contribution in [1.29, 1.82) is 0 Å². The summed E-state index contributed by atoms with van der Waals surface area (Å²) in [7, 11) is 0. The summed E-state index contributed by atoms with van der Waals surface area (Å²) in [4.78, 5) is 20.3. The van der Waals surface area contributed by atoms with Gasteiger partial charge in [-0.05, 0) is 32.2 Å². The summed E-state index contributed by atoms with van der Waals surface area (Å²) in [6.07, 6.45) is 3.99. The maximum atomic E-state index is 11.3. The molecule has 0 bridgehead atoms. The number of nitrogens with zero attached hydrogens (tertiary/aromatic N) is 3. The summed E-state index contributed by atoms with van der Waals surface area (Å²) >= 11 is 1.64. The lowest BCUT2D eigenvalue weighted by atomic mass is 10.0. The fraction of sp³-hybridized carbons (Fsp3) is 0.714. The van der Waals surface area contributed by atoms with Crippen molar-refractivity contribution in [2.75, 3.05) is 19.6 Å². The number of rotatable bonds is 4. The SMILES string of the molecule is O=C(O)C1CCCN1C1CCN(Cc2cscn2)CC1. The molecule has 1 aromatic rings. The molecule has 2 aliphatic rings. The van der Waals surface area contributed by atoms with E-state index in [1.54, 1.807) is 11.3 Å². The molecule has 1 N–H and O–H groups in total. The second kappa shape index (κ2) is 6.20. The number of likely N-dealkylation sites (tertiary alicyclic amines) is 2. The molecule has 0 radical (unpaired) electrons. The first-order chi connectivity index (χ1) is 9.74. The number of hydrogen-bond acceptors (Lipinski definition) is 5. The number of aromatic nitrogens is 1. The van der Waals surface area contributed by atoms with Gasteiger partial charge < -0.3 is 5.11 Å². The van der Waals surface area contributed by atoms with E-state index < -0.39 is 5.97 Å². The van der Waals surface area contributed by atoms with E-state index in [-0.39, 0.29) is 6.04 Å². The van der Waals surface area contributed by atoms with Gasteiger partial charge in [0.2, 0.25) is 0 Å². The van der Waals surface area contributed by atoms with Crippen LogP contribution in [0.1, 0.15) is 31.4 Å². The van der Waals surface area contributed by atoms with E-state index in [2.05, 4.69) is 20.2 Å². The van der Waals surface area contributed by atoms with Gasteiger partial charge in [0.05, 0.1) is 11.2 Å². The minimum Gasteiger partial charge on any atom is -0.480 e. The highest BCUT2D eigenvalue weighted by atomic mass is 32.1. The van der Waals surface area contributed by atoms with Crippen LogP contribution in [0.5, 0.6) is 0 Å². The van der Waals surface area contributed by atoms with Crippen LogP contribution in [0.4, 0.5) is 0 Å². The third-order valence-corrected chi connectivity index (χ3v) is 5.11. The van der Waals surface area contributed by atoms with Crippen LogP contribution < -0.4 is 0 Å². The van der Waals surface area contributed by atoms with Crippen LogP contribution in [0.3, 0.4) is 0 Å². The summed E-state index contributed by atoms with van der Waals surface area (Å²) < 4.78 is 0. The number of thiazole rings is 1. The molecule has 1 aromatic heterocycles. The quantitative estimate of drug-likeness (QED) is 0.915. The van der Waals surface area contributed by atoms with Crippen molar-refractivity contribution in [3.8, 4) is 0 Å². The zero-order valence-electron chi connectivity index (χ0n) is 11.6. The average molecular weight is 295 g/mol. The Bertz CT molecular complexity index is 443. The molecule has 2 aliphatic heterocycles. The summed E-state index contributed by atoms with van der Waals surface area (Å²) in [6, 6.07) is 0.204. The van der Waals surface area contributed by atoms with Gasteiger partial charge in [0.1, 0.15) is 6.04 Å². The van der Waals surface area contributed by atoms with Gasteiger partial charge in [-0.2, -0.15) is 0 Å². The summed E-state index contributed by atoms with van der Waals surface area (Å²) in [6.45, 7) is 3.97. The highest BCUT2D eigenvalue weighted by Crippen LogP contribution is 2.26. The van der Waals surface area contributed by atoms with Gasteiger partial charge in [-0.3, -0.25) is 14.6 Å². The molecule has 0 aromatic carbocycles. The first kappa shape index (κ1) is 14.0. The molecule has 1 unspecified atom stereocenters. The third-order valence-electron chi connectivity index (χ3n) is 4.47. The lowest BCUT2D eigenvalue weighted by Gasteiger charge is -2.38. The molecule has 2 fully saturated rings. The fourth-order valence-corrected chi connectivity index (χ4v) is 3.99. The summed E-state index contributed by atoms with van der Waals surface area (Å²) in [5.41, 5.74) is 3.03. The van der Waals surface area contributed by atoms with Gasteiger partial charge in [0, 0.05) is 31.1 Å². The Morgan fingerprint density at radius 3 is 2.80 bits per heavy atom. The number of hydrogen-bond donors (Lipinski definition) is 1. The number of carboxylic acid groups (broad SMARTS) is 1. The maximum Gasteiger partial charge on any atom is 0.320 e. The number of aliphatic carboxylic acids is 1. The second-order valence-electron chi connectivity index (χ2n) is 5.72. The molecule has 0 spiro atoms. The largest absolute Gasteiger partial charge is 0.480 e. The third kappa shape index (κ3) is 3.02. The van der Waals surface area contributed by atoms with Crippen molar-refractivity contribution in [3.63, 3.8) is 0 Å². The van der Waals surface area contributed by atoms with E-state index >= 15 is 0 Å². The number of carbonyl (C=O) groups is 1. The standard InChI is InChI=1S/C14H21N3O2S/c18-14(19)13-2-1-5-17(13)12-3-6-16(7-4-12)8-11-9-20-10-15-11/h9-10,12-13H,1-8H2,(H,18,19). The topological polar surface area (TPSA) is 56.7 Å². The van der Waals surface area contributed by atoms with Crippen molar-refractivity contribution in [2.45, 2.75) is 44.3 Å². The van der Waals surface area contributed by atoms with Gasteiger partial charge in [0.15, 0.2) is 0 Å². The highest BCUT2D eigenvalue weighted by Gasteiger charge is 2.36. The van der Waals surface area contributed by atoms with Crippen LogP contribution in [0, 0.1) is 0 Å². The van der Waals surface area contributed by atoms with Crippen molar-refractivity contribution in [1.82, 2.24) is 14.8 Å². The molecule has 1 atom stereocenters. The predicted molar refractivity (Wildman–Crippen MR) is 77.8 cm³/mol. The minimum atomic E-state index is -0.646. The van der Waals surface area contributed by atoms with Crippen LogP contribution in [0.25, 0.3) is 0 Å². The smallest absolute Gasteiger partial charge is 0.320 e. The molecule has 6 heteroatoms. The van der Waals surface area contributed by atoms with E-state index in [9.17, 15) is 9.90 Å². The number of carboxylic acids is 1. The van der Waals surface area contributed by atoms with Crippen molar-refractivity contribution in [3.05, 3.63) is 16.6 Å². The fourth-order valence-electron chi connectivity index (χ4n) is 3.45. The molecule has 5 nitrogen and oxygen atoms in total. The van der Waals surface area contributed by atoms with Crippen LogP contribution in [0.2, 0.25) is 0 Å². The Morgan fingerprint density at radius 1 is 1.35 bits per heavy atom. The zero-order chi connectivity index (χ0) is 13.9. The Hall–Kier alpha value is -0.980. The molecule has 0 saturated carbocycles. The lowest BCUT2D eigenvalue weighted by Crippen LogP contribution is -2.48. The molecule has 3 rings (SSSR count). The van der Waals surface area contributed by atoms with E-state index in [1.807, 2.05) is 5.51 Å². The van der Waals surface area contributed by atoms with Crippen LogP contribution in [0.15, 0.2) is 10.9 Å². The lowest BCUT2D eigenvalue weighted by molar-refractivity contribution is -0.143. The minimum absolute atomic E-state index is 0.245. The Labute approximate surface area is 123 Å². The Morgan fingerprint density at radius 2 is 2.15 bits per heavy atom. The first-order valence-corrected chi connectivity index (χ1v) is 8.26. The van der Waals surface area contributed by atoms with E-state index in [0.717, 1.165) is 57.6 Å². The van der Waals surface area contributed by atoms with E-state index in [0.29, 0.717) is 6.04 Å². The second-order valence-corrected chi connectivity index (χ2v) is 6.44. The molecule has 110 valence electrons. The average Bonchev–Trinajstić information content (AvgIpc) is 3.10. The molecule has 3 heterocycles. The van der Waals surface area contributed by atoms with Crippen molar-refractivity contribution in [2.24, 2.45) is 0 Å². The van der Waals surface area contributed by atoms with E-state index in [4.69, 9.17) is 0 Å². The van der Waals surface area contributed by atoms with Crippen molar-refractivity contribution >= 4 is 17.3 Å².